The molecule has 0 radical (unpaired) electrons. The molecule has 41 heavy (non-hydrogen) atoms. The first-order valence-corrected chi connectivity index (χ1v) is 14.3. The highest BCUT2D eigenvalue weighted by molar-refractivity contribution is 6.27. The van der Waals surface area contributed by atoms with E-state index in [4.69, 9.17) is 4.74 Å². The van der Waals surface area contributed by atoms with Gasteiger partial charge in [-0.1, -0.05) is 117 Å². The molecular formula is C39H30O2. The van der Waals surface area contributed by atoms with Gasteiger partial charge >= 0.3 is 5.97 Å². The Hall–Kier alpha value is -4.95. The molecule has 0 N–H and O–H groups in total. The average Bonchev–Trinajstić information content (AvgIpc) is 3.43. The van der Waals surface area contributed by atoms with Crippen LogP contribution in [0.1, 0.15) is 35.3 Å². The van der Waals surface area contributed by atoms with E-state index in [9.17, 15) is 4.79 Å². The Morgan fingerprint density at radius 3 is 1.80 bits per heavy atom. The number of carbonyl (C=O) groups is 1. The van der Waals surface area contributed by atoms with Gasteiger partial charge in [0.05, 0.1) is 12.7 Å². The van der Waals surface area contributed by atoms with Crippen LogP contribution in [0.25, 0.3) is 65.7 Å². The second-order valence-corrected chi connectivity index (χ2v) is 10.4. The number of hydrogen-bond donors (Lipinski definition) is 0. The second-order valence-electron chi connectivity index (χ2n) is 10.4. The summed E-state index contributed by atoms with van der Waals surface area (Å²) in [6, 6.07) is 41.2. The van der Waals surface area contributed by atoms with Crippen LogP contribution in [0.3, 0.4) is 0 Å². The van der Waals surface area contributed by atoms with Crippen LogP contribution < -0.4 is 0 Å². The molecule has 1 aliphatic carbocycles. The van der Waals surface area contributed by atoms with E-state index in [0.717, 1.165) is 17.5 Å². The van der Waals surface area contributed by atoms with Gasteiger partial charge in [-0.2, -0.15) is 0 Å². The van der Waals surface area contributed by atoms with Crippen molar-refractivity contribution >= 4 is 38.3 Å². The molecule has 0 unspecified atom stereocenters. The highest BCUT2D eigenvalue weighted by Crippen LogP contribution is 2.46. The molecule has 0 spiro atoms. The lowest BCUT2D eigenvalue weighted by Gasteiger charge is -2.18. The summed E-state index contributed by atoms with van der Waals surface area (Å²) in [5.74, 6) is -0.319. The molecule has 2 nitrogen and oxygen atoms in total. The minimum absolute atomic E-state index is 0.319. The van der Waals surface area contributed by atoms with Crippen molar-refractivity contribution in [3.05, 3.63) is 132 Å². The molecule has 0 fully saturated rings. The van der Waals surface area contributed by atoms with E-state index in [1.165, 1.54) is 72.8 Å². The maximum atomic E-state index is 12.0. The van der Waals surface area contributed by atoms with E-state index in [-0.39, 0.29) is 5.97 Å². The number of methoxy groups -OCH3 is 1. The third-order valence-electron chi connectivity index (χ3n) is 8.42. The number of carbonyl (C=O) groups excluding carboxylic acids is 1. The lowest BCUT2D eigenvalue weighted by atomic mass is 9.86. The van der Waals surface area contributed by atoms with Crippen LogP contribution in [0.4, 0.5) is 0 Å². The van der Waals surface area contributed by atoms with Crippen LogP contribution in [0.2, 0.25) is 0 Å². The van der Waals surface area contributed by atoms with Gasteiger partial charge in [-0.05, 0) is 95.4 Å². The largest absolute Gasteiger partial charge is 0.465 e. The average molecular weight is 531 g/mol. The summed E-state index contributed by atoms with van der Waals surface area (Å²) in [6.45, 7) is 4.00. The van der Waals surface area contributed by atoms with Crippen LogP contribution in [0.5, 0.6) is 0 Å². The smallest absolute Gasteiger partial charge is 0.337 e. The van der Waals surface area contributed by atoms with Crippen LogP contribution in [0.15, 0.2) is 115 Å². The summed E-state index contributed by atoms with van der Waals surface area (Å²) >= 11 is 0. The zero-order chi connectivity index (χ0) is 28.1. The fraction of sp³-hybridized carbons (Fsp3) is 0.103. The minimum Gasteiger partial charge on any atom is -0.465 e. The van der Waals surface area contributed by atoms with E-state index < -0.39 is 0 Å². The van der Waals surface area contributed by atoms with Gasteiger partial charge in [0, 0.05) is 0 Å². The van der Waals surface area contributed by atoms with Crippen LogP contribution >= 0.6 is 0 Å². The van der Waals surface area contributed by atoms with Gasteiger partial charge < -0.3 is 4.74 Å². The van der Waals surface area contributed by atoms with Crippen LogP contribution in [0, 0.1) is 0 Å². The standard InChI is InChI=1S/C37H24O2.C2H6/c1-39-37(38)25-11-9-22(10-12-25)28-17-13-23-16-20-33-31(18-14-24-15-19-32(28)35(23)36(24)33)30-8-4-7-29-27-6-3-2-5-26(27)21-34(29)30;1-2/h2-20H,21H2,1H3;1-2H3. The molecule has 198 valence electrons. The number of rotatable bonds is 3. The SMILES string of the molecule is CC.COC(=O)c1ccc(-c2ccc3ccc4c(-c5cccc6c5Cc5ccccc5-6)ccc5ccc2c3c54)cc1. The van der Waals surface area contributed by atoms with E-state index in [1.807, 2.05) is 38.1 Å². The third kappa shape index (κ3) is 3.82. The Bertz CT molecular complexity index is 2080. The van der Waals surface area contributed by atoms with Crippen molar-refractivity contribution in [2.75, 3.05) is 7.11 Å². The topological polar surface area (TPSA) is 26.3 Å². The van der Waals surface area contributed by atoms with Crippen molar-refractivity contribution in [2.45, 2.75) is 20.3 Å². The molecule has 0 saturated heterocycles. The van der Waals surface area contributed by atoms with Crippen molar-refractivity contribution in [1.82, 2.24) is 0 Å². The fourth-order valence-electron chi connectivity index (χ4n) is 6.60. The number of benzene rings is 7. The summed E-state index contributed by atoms with van der Waals surface area (Å²) in [6.07, 6.45) is 0.968. The Balaban J connectivity index is 0.00000135. The highest BCUT2D eigenvalue weighted by Gasteiger charge is 2.23. The number of esters is 1. The van der Waals surface area contributed by atoms with Crippen molar-refractivity contribution in [3.63, 3.8) is 0 Å². The van der Waals surface area contributed by atoms with Gasteiger partial charge in [0.2, 0.25) is 0 Å². The maximum absolute atomic E-state index is 12.0. The van der Waals surface area contributed by atoms with Crippen molar-refractivity contribution in [1.29, 1.82) is 0 Å². The zero-order valence-electron chi connectivity index (χ0n) is 23.5. The number of ether oxygens (including phenoxy) is 1. The first-order chi connectivity index (χ1) is 20.2. The Kier molecular flexibility index (Phi) is 6.05. The third-order valence-corrected chi connectivity index (χ3v) is 8.42. The minimum atomic E-state index is -0.319. The first kappa shape index (κ1) is 25.0. The molecule has 0 saturated carbocycles. The molecule has 0 amide bonds. The van der Waals surface area contributed by atoms with Crippen molar-refractivity contribution in [2.24, 2.45) is 0 Å². The summed E-state index contributed by atoms with van der Waals surface area (Å²) in [5.41, 5.74) is 10.9. The summed E-state index contributed by atoms with van der Waals surface area (Å²) < 4.78 is 4.88. The van der Waals surface area contributed by atoms with E-state index in [0.29, 0.717) is 5.56 Å². The molecule has 1 aliphatic rings. The van der Waals surface area contributed by atoms with E-state index in [2.05, 4.69) is 91.0 Å². The predicted molar refractivity (Wildman–Crippen MR) is 172 cm³/mol. The van der Waals surface area contributed by atoms with Gasteiger partial charge in [-0.15, -0.1) is 0 Å². The van der Waals surface area contributed by atoms with Crippen molar-refractivity contribution < 1.29 is 9.53 Å². The molecule has 8 rings (SSSR count). The maximum Gasteiger partial charge on any atom is 0.337 e. The molecule has 0 aliphatic heterocycles. The monoisotopic (exact) mass is 530 g/mol. The fourth-order valence-corrected chi connectivity index (χ4v) is 6.60. The molecule has 2 heteroatoms. The van der Waals surface area contributed by atoms with Crippen molar-refractivity contribution in [3.8, 4) is 33.4 Å². The van der Waals surface area contributed by atoms with Gasteiger partial charge in [0.1, 0.15) is 0 Å². The van der Waals surface area contributed by atoms with E-state index in [1.54, 1.807) is 0 Å². The molecule has 0 heterocycles. The molecule has 0 atom stereocenters. The lowest BCUT2D eigenvalue weighted by molar-refractivity contribution is 0.0600. The van der Waals surface area contributed by atoms with Crippen LogP contribution in [-0.2, 0) is 11.2 Å². The molecule has 7 aromatic carbocycles. The van der Waals surface area contributed by atoms with Gasteiger partial charge in [0.15, 0.2) is 0 Å². The second kappa shape index (κ2) is 9.91. The first-order valence-electron chi connectivity index (χ1n) is 14.3. The molecular weight excluding hydrogens is 500 g/mol. The number of fused-ring (bicyclic) bond motifs is 3. The zero-order valence-corrected chi connectivity index (χ0v) is 23.5. The number of hydrogen-bond acceptors (Lipinski definition) is 2. The van der Waals surface area contributed by atoms with Crippen LogP contribution in [-0.4, -0.2) is 13.1 Å². The lowest BCUT2D eigenvalue weighted by Crippen LogP contribution is -2.00. The van der Waals surface area contributed by atoms with Gasteiger partial charge in [-0.3, -0.25) is 0 Å². The predicted octanol–water partition coefficient (Wildman–Crippen LogP) is 10.3. The molecule has 0 aromatic heterocycles. The quantitative estimate of drug-likeness (QED) is 0.168. The molecule has 0 bridgehead atoms. The molecule has 7 aromatic rings. The summed E-state index contributed by atoms with van der Waals surface area (Å²) in [4.78, 5) is 12.0. The Morgan fingerprint density at radius 1 is 0.561 bits per heavy atom. The van der Waals surface area contributed by atoms with E-state index >= 15 is 0 Å². The Morgan fingerprint density at radius 2 is 1.12 bits per heavy atom. The normalized spacial score (nSPS) is 11.8. The Labute approximate surface area is 240 Å². The van der Waals surface area contributed by atoms with Gasteiger partial charge in [-0.25, -0.2) is 4.79 Å². The summed E-state index contributed by atoms with van der Waals surface area (Å²) in [5, 5.41) is 7.59. The summed E-state index contributed by atoms with van der Waals surface area (Å²) in [7, 11) is 1.41. The van der Waals surface area contributed by atoms with Gasteiger partial charge in [0.25, 0.3) is 0 Å². The highest BCUT2D eigenvalue weighted by atomic mass is 16.5.